The Balaban J connectivity index is 1.48. The molecule has 0 unspecified atom stereocenters. The number of piperazine rings is 1. The van der Waals surface area contributed by atoms with Crippen LogP contribution < -0.4 is 4.90 Å². The zero-order valence-corrected chi connectivity index (χ0v) is 19.1. The first-order chi connectivity index (χ1) is 14.7. The van der Waals surface area contributed by atoms with Crippen molar-refractivity contribution >= 4 is 23.6 Å². The Morgan fingerprint density at radius 3 is 2.16 bits per heavy atom. The maximum Gasteiger partial charge on any atom is 0.339 e. The summed E-state index contributed by atoms with van der Waals surface area (Å²) in [6.45, 7) is 12.0. The first kappa shape index (κ1) is 23.0. The Labute approximate surface area is 184 Å². The maximum atomic E-state index is 13.0. The van der Waals surface area contributed by atoms with E-state index in [0.29, 0.717) is 51.4 Å². The van der Waals surface area contributed by atoms with Crippen LogP contribution in [0.15, 0.2) is 18.3 Å². The molecule has 170 valence electrons. The molecule has 2 aliphatic heterocycles. The lowest BCUT2D eigenvalue weighted by Gasteiger charge is -2.39. The van der Waals surface area contributed by atoms with Crippen LogP contribution in [0.1, 0.15) is 50.9 Å². The van der Waals surface area contributed by atoms with E-state index in [1.807, 2.05) is 36.6 Å². The minimum atomic E-state index is -0.379. The second-order valence-corrected chi connectivity index (χ2v) is 9.25. The molecule has 2 saturated heterocycles. The molecular weight excluding hydrogens is 396 g/mol. The monoisotopic (exact) mass is 430 g/mol. The first-order valence-electron chi connectivity index (χ1n) is 11.2. The lowest BCUT2D eigenvalue weighted by atomic mass is 9.90. The van der Waals surface area contributed by atoms with Crippen molar-refractivity contribution in [2.45, 2.75) is 40.5 Å². The van der Waals surface area contributed by atoms with Gasteiger partial charge >= 0.3 is 5.97 Å². The normalized spacial score (nSPS) is 18.1. The van der Waals surface area contributed by atoms with Crippen molar-refractivity contribution in [1.82, 2.24) is 14.8 Å². The Bertz CT molecular complexity index is 787. The number of hydrogen-bond donors (Lipinski definition) is 0. The highest BCUT2D eigenvalue weighted by atomic mass is 16.5. The standard InChI is InChI=1S/C23H34N4O4/c1-5-31-21(29)18-6-7-19(24-16-18)25-12-14-26(15-13-25)20(28)17-8-10-27(11-9-17)22(30)23(2,3)4/h6-7,16-17H,5,8-15H2,1-4H3. The van der Waals surface area contributed by atoms with Crippen molar-refractivity contribution in [1.29, 1.82) is 0 Å². The average Bonchev–Trinajstić information content (AvgIpc) is 2.78. The number of anilines is 1. The van der Waals surface area contributed by atoms with E-state index >= 15 is 0 Å². The summed E-state index contributed by atoms with van der Waals surface area (Å²) in [5.41, 5.74) is 0.0612. The van der Waals surface area contributed by atoms with Crippen LogP contribution >= 0.6 is 0 Å². The molecular formula is C23H34N4O4. The fourth-order valence-electron chi connectivity index (χ4n) is 4.13. The number of esters is 1. The van der Waals surface area contributed by atoms with E-state index < -0.39 is 0 Å². The molecule has 0 N–H and O–H groups in total. The molecule has 0 bridgehead atoms. The van der Waals surface area contributed by atoms with Crippen LogP contribution in [-0.2, 0) is 14.3 Å². The maximum absolute atomic E-state index is 13.0. The van der Waals surface area contributed by atoms with Crippen molar-refractivity contribution in [2.75, 3.05) is 50.8 Å². The molecule has 3 rings (SSSR count). The van der Waals surface area contributed by atoms with E-state index in [0.717, 1.165) is 18.7 Å². The predicted octanol–water partition coefficient (Wildman–Crippen LogP) is 2.19. The van der Waals surface area contributed by atoms with E-state index in [-0.39, 0.29) is 29.1 Å². The summed E-state index contributed by atoms with van der Waals surface area (Å²) >= 11 is 0. The molecule has 2 aliphatic rings. The Morgan fingerprint density at radius 2 is 1.65 bits per heavy atom. The van der Waals surface area contributed by atoms with Gasteiger partial charge in [0, 0.05) is 56.8 Å². The highest BCUT2D eigenvalue weighted by Crippen LogP contribution is 2.25. The molecule has 0 saturated carbocycles. The third-order valence-electron chi connectivity index (χ3n) is 5.95. The van der Waals surface area contributed by atoms with Crippen molar-refractivity contribution < 1.29 is 19.1 Å². The van der Waals surface area contributed by atoms with Gasteiger partial charge in [-0.1, -0.05) is 20.8 Å². The van der Waals surface area contributed by atoms with Gasteiger partial charge in [0.1, 0.15) is 5.82 Å². The molecule has 1 aromatic heterocycles. The number of aromatic nitrogens is 1. The number of amides is 2. The first-order valence-corrected chi connectivity index (χ1v) is 11.2. The van der Waals surface area contributed by atoms with Gasteiger partial charge in [-0.15, -0.1) is 0 Å². The lowest BCUT2D eigenvalue weighted by Crippen LogP contribution is -2.52. The molecule has 2 amide bonds. The molecule has 8 heteroatoms. The number of piperidine rings is 1. The van der Waals surface area contributed by atoms with Gasteiger partial charge in [0.15, 0.2) is 0 Å². The van der Waals surface area contributed by atoms with Crippen LogP contribution in [-0.4, -0.2) is 78.4 Å². The van der Waals surface area contributed by atoms with E-state index in [4.69, 9.17) is 4.74 Å². The summed E-state index contributed by atoms with van der Waals surface area (Å²) in [7, 11) is 0. The van der Waals surface area contributed by atoms with Gasteiger partial charge in [-0.05, 0) is 31.9 Å². The van der Waals surface area contributed by atoms with Gasteiger partial charge in [-0.3, -0.25) is 9.59 Å². The number of pyridine rings is 1. The highest BCUT2D eigenvalue weighted by Gasteiger charge is 2.34. The van der Waals surface area contributed by atoms with Crippen molar-refractivity contribution in [3.63, 3.8) is 0 Å². The summed E-state index contributed by atoms with van der Waals surface area (Å²) in [5, 5.41) is 0. The number of carbonyl (C=O) groups excluding carboxylic acids is 3. The highest BCUT2D eigenvalue weighted by molar-refractivity contribution is 5.89. The van der Waals surface area contributed by atoms with Crippen molar-refractivity contribution in [3.05, 3.63) is 23.9 Å². The average molecular weight is 431 g/mol. The van der Waals surface area contributed by atoms with Gasteiger partial charge in [-0.2, -0.15) is 0 Å². The van der Waals surface area contributed by atoms with Crippen LogP contribution in [0.4, 0.5) is 5.82 Å². The molecule has 1 aromatic rings. The van der Waals surface area contributed by atoms with E-state index in [9.17, 15) is 14.4 Å². The predicted molar refractivity (Wildman–Crippen MR) is 118 cm³/mol. The van der Waals surface area contributed by atoms with Crippen molar-refractivity contribution in [3.8, 4) is 0 Å². The number of nitrogens with zero attached hydrogens (tertiary/aromatic N) is 4. The van der Waals surface area contributed by atoms with Crippen LogP contribution in [0.5, 0.6) is 0 Å². The Morgan fingerprint density at radius 1 is 1.00 bits per heavy atom. The zero-order valence-electron chi connectivity index (χ0n) is 19.1. The third kappa shape index (κ3) is 5.54. The summed E-state index contributed by atoms with van der Waals surface area (Å²) < 4.78 is 4.99. The summed E-state index contributed by atoms with van der Waals surface area (Å²) in [4.78, 5) is 47.6. The minimum Gasteiger partial charge on any atom is -0.462 e. The van der Waals surface area contributed by atoms with Crippen LogP contribution in [0.25, 0.3) is 0 Å². The summed E-state index contributed by atoms with van der Waals surface area (Å²) in [5.74, 6) is 0.792. The number of carbonyl (C=O) groups is 3. The number of rotatable bonds is 4. The molecule has 31 heavy (non-hydrogen) atoms. The van der Waals surface area contributed by atoms with E-state index in [1.54, 1.807) is 13.0 Å². The van der Waals surface area contributed by atoms with Gasteiger partial charge in [0.25, 0.3) is 0 Å². The Hall–Kier alpha value is -2.64. The Kier molecular flexibility index (Phi) is 7.18. The lowest BCUT2D eigenvalue weighted by molar-refractivity contribution is -0.145. The van der Waals surface area contributed by atoms with Gasteiger partial charge < -0.3 is 19.4 Å². The molecule has 2 fully saturated rings. The third-order valence-corrected chi connectivity index (χ3v) is 5.95. The van der Waals surface area contributed by atoms with Crippen LogP contribution in [0.2, 0.25) is 0 Å². The smallest absolute Gasteiger partial charge is 0.339 e. The summed E-state index contributed by atoms with van der Waals surface area (Å²) in [6, 6.07) is 3.55. The molecule has 0 spiro atoms. The SMILES string of the molecule is CCOC(=O)c1ccc(N2CCN(C(=O)C3CCN(C(=O)C(C)(C)C)CC3)CC2)nc1. The largest absolute Gasteiger partial charge is 0.462 e. The number of ether oxygens (including phenoxy) is 1. The molecule has 0 radical (unpaired) electrons. The van der Waals surface area contributed by atoms with Crippen LogP contribution in [0.3, 0.4) is 0 Å². The summed E-state index contributed by atoms with van der Waals surface area (Å²) in [6.07, 6.45) is 3.01. The quantitative estimate of drug-likeness (QED) is 0.681. The van der Waals surface area contributed by atoms with Gasteiger partial charge in [0.05, 0.1) is 12.2 Å². The molecule has 0 aliphatic carbocycles. The van der Waals surface area contributed by atoms with Gasteiger partial charge in [-0.25, -0.2) is 9.78 Å². The molecule has 0 aromatic carbocycles. The molecule has 3 heterocycles. The second-order valence-electron chi connectivity index (χ2n) is 9.25. The fourth-order valence-corrected chi connectivity index (χ4v) is 4.13. The fraction of sp³-hybridized carbons (Fsp3) is 0.652. The molecule has 0 atom stereocenters. The van der Waals surface area contributed by atoms with E-state index in [1.165, 1.54) is 6.20 Å². The topological polar surface area (TPSA) is 83.0 Å². The van der Waals surface area contributed by atoms with Gasteiger partial charge in [0.2, 0.25) is 11.8 Å². The molecule has 8 nitrogen and oxygen atoms in total. The minimum absolute atomic E-state index is 0.00226. The van der Waals surface area contributed by atoms with Crippen LogP contribution in [0, 0.1) is 11.3 Å². The van der Waals surface area contributed by atoms with E-state index in [2.05, 4.69) is 9.88 Å². The zero-order chi connectivity index (χ0) is 22.6. The number of likely N-dealkylation sites (tertiary alicyclic amines) is 1. The second kappa shape index (κ2) is 9.66. The van der Waals surface area contributed by atoms with Crippen molar-refractivity contribution in [2.24, 2.45) is 11.3 Å². The number of hydrogen-bond acceptors (Lipinski definition) is 6.